The van der Waals surface area contributed by atoms with Crippen LogP contribution in [0.4, 0.5) is 0 Å². The number of rotatable bonds is 6. The molecule has 1 amide bonds. The van der Waals surface area contributed by atoms with Crippen LogP contribution in [0.25, 0.3) is 0 Å². The Bertz CT molecular complexity index is 881. The molecule has 0 bridgehead atoms. The predicted octanol–water partition coefficient (Wildman–Crippen LogP) is 4.45. The molecule has 3 rings (SSSR count). The molecule has 0 aliphatic carbocycles. The third-order valence-electron chi connectivity index (χ3n) is 5.74. The molecular weight excluding hydrogens is 409 g/mol. The summed E-state index contributed by atoms with van der Waals surface area (Å²) >= 11 is 12.0. The molecule has 29 heavy (non-hydrogen) atoms. The Balaban J connectivity index is 1.49. The first kappa shape index (κ1) is 21.9. The second-order valence-corrected chi connectivity index (χ2v) is 8.30. The molecule has 0 spiro atoms. The highest BCUT2D eigenvalue weighted by atomic mass is 35.5. The van der Waals surface area contributed by atoms with Crippen molar-refractivity contribution in [1.29, 1.82) is 0 Å². The number of methoxy groups -OCH3 is 1. The Hall–Kier alpha value is -1.82. The first-order chi connectivity index (χ1) is 13.9. The maximum atomic E-state index is 12.5. The number of carbonyl (C=O) groups excluding carboxylic acids is 1. The molecule has 1 aliphatic rings. The molecule has 1 aromatic heterocycles. The number of ether oxygens (including phenoxy) is 1. The van der Waals surface area contributed by atoms with Gasteiger partial charge in [0, 0.05) is 31.9 Å². The lowest BCUT2D eigenvalue weighted by molar-refractivity contribution is 0.0911. The smallest absolute Gasteiger partial charge is 0.254 e. The van der Waals surface area contributed by atoms with Crippen LogP contribution in [0.2, 0.25) is 10.2 Å². The van der Waals surface area contributed by atoms with E-state index in [-0.39, 0.29) is 17.1 Å². The summed E-state index contributed by atoms with van der Waals surface area (Å²) in [6.07, 6.45) is 4.28. The summed E-state index contributed by atoms with van der Waals surface area (Å²) in [5.41, 5.74) is 4.20. The topological polar surface area (TPSA) is 54.5 Å². The predicted molar refractivity (Wildman–Crippen MR) is 117 cm³/mol. The van der Waals surface area contributed by atoms with E-state index in [2.05, 4.69) is 41.2 Å². The van der Waals surface area contributed by atoms with E-state index < -0.39 is 0 Å². The second-order valence-electron chi connectivity index (χ2n) is 7.51. The zero-order valence-corrected chi connectivity index (χ0v) is 18.6. The first-order valence-corrected chi connectivity index (χ1v) is 10.6. The molecule has 1 N–H and O–H groups in total. The molecule has 1 aliphatic heterocycles. The molecule has 0 radical (unpaired) electrons. The van der Waals surface area contributed by atoms with Crippen molar-refractivity contribution in [1.82, 2.24) is 15.2 Å². The van der Waals surface area contributed by atoms with Crippen molar-refractivity contribution in [3.8, 4) is 5.75 Å². The lowest BCUT2D eigenvalue weighted by Crippen LogP contribution is -2.45. The van der Waals surface area contributed by atoms with Gasteiger partial charge in [-0.05, 0) is 61.9 Å². The van der Waals surface area contributed by atoms with E-state index in [4.69, 9.17) is 27.9 Å². The number of hydrogen-bond donors (Lipinski definition) is 1. The van der Waals surface area contributed by atoms with Gasteiger partial charge in [0.15, 0.2) is 0 Å². The van der Waals surface area contributed by atoms with E-state index in [9.17, 15) is 4.79 Å². The van der Waals surface area contributed by atoms with Crippen LogP contribution in [0, 0.1) is 13.8 Å². The van der Waals surface area contributed by atoms with E-state index in [1.165, 1.54) is 22.9 Å². The molecule has 1 fully saturated rings. The number of benzene rings is 1. The largest absolute Gasteiger partial charge is 0.496 e. The maximum Gasteiger partial charge on any atom is 0.254 e. The number of hydrogen-bond acceptors (Lipinski definition) is 4. The summed E-state index contributed by atoms with van der Waals surface area (Å²) in [4.78, 5) is 18.9. The fraction of sp³-hybridized carbons (Fsp3) is 0.455. The van der Waals surface area contributed by atoms with Crippen LogP contribution in [0.5, 0.6) is 5.75 Å². The quantitative estimate of drug-likeness (QED) is 0.680. The monoisotopic (exact) mass is 435 g/mol. The summed E-state index contributed by atoms with van der Waals surface area (Å²) < 4.78 is 5.40. The normalized spacial score (nSPS) is 15.3. The van der Waals surface area contributed by atoms with Crippen molar-refractivity contribution in [2.24, 2.45) is 0 Å². The number of nitrogens with zero attached hydrogens (tertiary/aromatic N) is 2. The number of carbonyl (C=O) groups is 1. The van der Waals surface area contributed by atoms with Crippen LogP contribution in [0.3, 0.4) is 0 Å². The third kappa shape index (κ3) is 5.41. The fourth-order valence-electron chi connectivity index (χ4n) is 3.77. The Kier molecular flexibility index (Phi) is 7.38. The zero-order chi connectivity index (χ0) is 21.0. The molecule has 0 unspecified atom stereocenters. The Morgan fingerprint density at radius 3 is 2.66 bits per heavy atom. The van der Waals surface area contributed by atoms with E-state index in [0.717, 1.165) is 44.6 Å². The van der Waals surface area contributed by atoms with Gasteiger partial charge in [0.2, 0.25) is 0 Å². The molecule has 0 saturated carbocycles. The lowest BCUT2D eigenvalue weighted by Gasteiger charge is -2.32. The summed E-state index contributed by atoms with van der Waals surface area (Å²) in [6, 6.07) is 5.91. The molecule has 5 nitrogen and oxygen atoms in total. The van der Waals surface area contributed by atoms with Gasteiger partial charge < -0.3 is 15.0 Å². The highest BCUT2D eigenvalue weighted by Gasteiger charge is 2.22. The van der Waals surface area contributed by atoms with Gasteiger partial charge in [-0.3, -0.25) is 4.79 Å². The Morgan fingerprint density at radius 1 is 1.24 bits per heavy atom. The van der Waals surface area contributed by atoms with E-state index in [1.54, 1.807) is 13.2 Å². The van der Waals surface area contributed by atoms with Crippen LogP contribution in [-0.4, -0.2) is 48.6 Å². The molecule has 156 valence electrons. The molecule has 7 heteroatoms. The fourth-order valence-corrected chi connectivity index (χ4v) is 4.12. The van der Waals surface area contributed by atoms with Gasteiger partial charge in [0.25, 0.3) is 5.91 Å². The van der Waals surface area contributed by atoms with Crippen LogP contribution in [0.15, 0.2) is 24.4 Å². The van der Waals surface area contributed by atoms with Crippen molar-refractivity contribution in [3.05, 3.63) is 56.8 Å². The number of halogens is 2. The minimum absolute atomic E-state index is 0.138. The van der Waals surface area contributed by atoms with Gasteiger partial charge in [-0.1, -0.05) is 29.3 Å². The Labute approximate surface area is 182 Å². The van der Waals surface area contributed by atoms with Crippen molar-refractivity contribution >= 4 is 29.1 Å². The third-order valence-corrected chi connectivity index (χ3v) is 6.25. The van der Waals surface area contributed by atoms with Crippen molar-refractivity contribution in [3.63, 3.8) is 0 Å². The number of nitrogens with one attached hydrogen (secondary N) is 1. The number of amides is 1. The van der Waals surface area contributed by atoms with E-state index >= 15 is 0 Å². The average Bonchev–Trinajstić information content (AvgIpc) is 2.72. The van der Waals surface area contributed by atoms with E-state index in [1.807, 2.05) is 0 Å². The molecule has 2 aromatic rings. The van der Waals surface area contributed by atoms with E-state index in [0.29, 0.717) is 10.6 Å². The number of pyridine rings is 1. The minimum atomic E-state index is -0.215. The standard InChI is InChI=1S/C22H27Cl2N3O2/c1-14-15(2)20(29-3)5-4-16(14)6-9-27-10-7-18(8-11-27)26-22(28)19-12-17(23)13-25-21(19)24/h4-5,12-13,18H,6-11H2,1-3H3,(H,26,28). The zero-order valence-electron chi connectivity index (χ0n) is 17.1. The summed E-state index contributed by atoms with van der Waals surface area (Å²) in [5, 5.41) is 3.64. The van der Waals surface area contributed by atoms with Crippen molar-refractivity contribution < 1.29 is 9.53 Å². The van der Waals surface area contributed by atoms with Crippen LogP contribution in [-0.2, 0) is 6.42 Å². The van der Waals surface area contributed by atoms with Crippen molar-refractivity contribution in [2.75, 3.05) is 26.7 Å². The van der Waals surface area contributed by atoms with Crippen molar-refractivity contribution in [2.45, 2.75) is 39.2 Å². The van der Waals surface area contributed by atoms with Gasteiger partial charge >= 0.3 is 0 Å². The minimum Gasteiger partial charge on any atom is -0.496 e. The average molecular weight is 436 g/mol. The molecule has 1 aromatic carbocycles. The molecule has 0 atom stereocenters. The Morgan fingerprint density at radius 2 is 1.97 bits per heavy atom. The van der Waals surface area contributed by atoms with Gasteiger partial charge in [0.1, 0.15) is 10.9 Å². The van der Waals surface area contributed by atoms with Gasteiger partial charge in [-0.25, -0.2) is 4.98 Å². The van der Waals surface area contributed by atoms with Crippen LogP contribution >= 0.6 is 23.2 Å². The van der Waals surface area contributed by atoms with Crippen LogP contribution < -0.4 is 10.1 Å². The molecule has 2 heterocycles. The summed E-state index contributed by atoms with van der Waals surface area (Å²) in [6.45, 7) is 7.19. The first-order valence-electron chi connectivity index (χ1n) is 9.86. The maximum absolute atomic E-state index is 12.5. The lowest BCUT2D eigenvalue weighted by atomic mass is 9.99. The van der Waals surface area contributed by atoms with Crippen LogP contribution in [0.1, 0.15) is 39.9 Å². The summed E-state index contributed by atoms with van der Waals surface area (Å²) in [7, 11) is 1.71. The highest BCUT2D eigenvalue weighted by Crippen LogP contribution is 2.25. The second kappa shape index (κ2) is 9.79. The van der Waals surface area contributed by atoms with Gasteiger partial charge in [-0.2, -0.15) is 0 Å². The number of aromatic nitrogens is 1. The van der Waals surface area contributed by atoms with Gasteiger partial charge in [-0.15, -0.1) is 0 Å². The summed E-state index contributed by atoms with van der Waals surface area (Å²) in [5.74, 6) is 0.727. The van der Waals surface area contributed by atoms with Gasteiger partial charge in [0.05, 0.1) is 17.7 Å². The number of piperidine rings is 1. The number of likely N-dealkylation sites (tertiary alicyclic amines) is 1. The highest BCUT2D eigenvalue weighted by molar-refractivity contribution is 6.34. The SMILES string of the molecule is COc1ccc(CCN2CCC(NC(=O)c3cc(Cl)cnc3Cl)CC2)c(C)c1C. The molecule has 1 saturated heterocycles. The molecular formula is C22H27Cl2N3O2.